The molecule has 1 atom stereocenters. The van der Waals surface area contributed by atoms with Gasteiger partial charge in [-0.2, -0.15) is 0 Å². The van der Waals surface area contributed by atoms with Gasteiger partial charge >= 0.3 is 0 Å². The lowest BCUT2D eigenvalue weighted by atomic mass is 9.88. The summed E-state index contributed by atoms with van der Waals surface area (Å²) in [5.41, 5.74) is 4.54. The average molecular weight is 286 g/mol. The highest BCUT2D eigenvalue weighted by atomic mass is 32.2. The standard InChI is InChI=1S/C17H18S2/c1-13-11-17(19-12-14(13)2,16-9-6-10-18-16)15-7-4-3-5-8-15/h3-10H,11-12H2,1-2H3. The van der Waals surface area contributed by atoms with Gasteiger partial charge in [0.25, 0.3) is 0 Å². The predicted molar refractivity (Wildman–Crippen MR) is 87.0 cm³/mol. The lowest BCUT2D eigenvalue weighted by Crippen LogP contribution is -2.27. The minimum Gasteiger partial charge on any atom is -0.147 e. The molecule has 1 aromatic carbocycles. The Morgan fingerprint density at radius 1 is 0.947 bits per heavy atom. The molecule has 0 amide bonds. The number of thioether (sulfide) groups is 1. The van der Waals surface area contributed by atoms with E-state index in [1.54, 1.807) is 11.1 Å². The zero-order chi connectivity index (χ0) is 13.3. The fourth-order valence-electron chi connectivity index (χ4n) is 2.63. The van der Waals surface area contributed by atoms with Crippen molar-refractivity contribution in [2.24, 2.45) is 0 Å². The first-order valence-corrected chi connectivity index (χ1v) is 8.47. The van der Waals surface area contributed by atoms with Crippen LogP contribution in [0.3, 0.4) is 0 Å². The van der Waals surface area contributed by atoms with Gasteiger partial charge in [0.2, 0.25) is 0 Å². The summed E-state index contributed by atoms with van der Waals surface area (Å²) >= 11 is 3.97. The maximum Gasteiger partial charge on any atom is 0.0789 e. The van der Waals surface area contributed by atoms with Gasteiger partial charge in [0.1, 0.15) is 0 Å². The normalized spacial score (nSPS) is 23.7. The van der Waals surface area contributed by atoms with E-state index in [0.29, 0.717) is 0 Å². The van der Waals surface area contributed by atoms with Gasteiger partial charge in [-0.25, -0.2) is 0 Å². The molecule has 19 heavy (non-hydrogen) atoms. The first-order valence-electron chi connectivity index (χ1n) is 6.61. The van der Waals surface area contributed by atoms with Crippen LogP contribution >= 0.6 is 23.1 Å². The molecule has 2 aromatic rings. The van der Waals surface area contributed by atoms with Gasteiger partial charge in [0.15, 0.2) is 0 Å². The van der Waals surface area contributed by atoms with Gasteiger partial charge in [-0.3, -0.25) is 0 Å². The summed E-state index contributed by atoms with van der Waals surface area (Å²) in [6.45, 7) is 4.56. The lowest BCUT2D eigenvalue weighted by Gasteiger charge is -2.37. The Balaban J connectivity index is 2.13. The molecule has 0 radical (unpaired) electrons. The summed E-state index contributed by atoms with van der Waals surface area (Å²) < 4.78 is 0.124. The Hall–Kier alpha value is -0.990. The van der Waals surface area contributed by atoms with E-state index in [1.165, 1.54) is 10.4 Å². The summed E-state index contributed by atoms with van der Waals surface area (Å²) in [6.07, 6.45) is 1.13. The number of thiophene rings is 1. The molecule has 0 aliphatic carbocycles. The largest absolute Gasteiger partial charge is 0.147 e. The third kappa shape index (κ3) is 2.28. The van der Waals surface area contributed by atoms with Crippen molar-refractivity contribution in [2.45, 2.75) is 25.0 Å². The molecule has 0 bridgehead atoms. The second-order valence-electron chi connectivity index (χ2n) is 5.20. The fraction of sp³-hybridized carbons (Fsp3) is 0.294. The van der Waals surface area contributed by atoms with E-state index in [4.69, 9.17) is 0 Å². The minimum absolute atomic E-state index is 0.124. The van der Waals surface area contributed by atoms with Gasteiger partial charge in [0.05, 0.1) is 4.75 Å². The number of allylic oxidation sites excluding steroid dienone is 1. The molecule has 3 rings (SSSR count). The van der Waals surface area contributed by atoms with Crippen LogP contribution in [0.15, 0.2) is 59.0 Å². The van der Waals surface area contributed by atoms with E-state index in [9.17, 15) is 0 Å². The molecule has 0 spiro atoms. The summed E-state index contributed by atoms with van der Waals surface area (Å²) in [4.78, 5) is 1.48. The third-order valence-corrected chi connectivity index (χ3v) is 6.77. The summed E-state index contributed by atoms with van der Waals surface area (Å²) in [7, 11) is 0. The van der Waals surface area contributed by atoms with Crippen LogP contribution in [-0.2, 0) is 4.75 Å². The van der Waals surface area contributed by atoms with Crippen molar-refractivity contribution in [2.75, 3.05) is 5.75 Å². The Kier molecular flexibility index (Phi) is 3.55. The molecule has 0 nitrogen and oxygen atoms in total. The van der Waals surface area contributed by atoms with Crippen LogP contribution in [0.1, 0.15) is 30.7 Å². The van der Waals surface area contributed by atoms with Crippen molar-refractivity contribution in [3.05, 3.63) is 69.4 Å². The second kappa shape index (κ2) is 5.18. The van der Waals surface area contributed by atoms with Crippen LogP contribution in [0.2, 0.25) is 0 Å². The molecular formula is C17H18S2. The first-order chi connectivity index (χ1) is 9.22. The number of hydrogen-bond donors (Lipinski definition) is 0. The molecule has 0 saturated carbocycles. The van der Waals surface area contributed by atoms with Crippen molar-refractivity contribution < 1.29 is 0 Å². The zero-order valence-corrected chi connectivity index (χ0v) is 13.0. The quantitative estimate of drug-likeness (QED) is 0.660. The fourth-order valence-corrected chi connectivity index (χ4v) is 5.33. The van der Waals surface area contributed by atoms with Crippen molar-refractivity contribution in [3.8, 4) is 0 Å². The van der Waals surface area contributed by atoms with E-state index in [0.717, 1.165) is 12.2 Å². The molecule has 98 valence electrons. The molecule has 1 aliphatic rings. The second-order valence-corrected chi connectivity index (χ2v) is 7.42. The van der Waals surface area contributed by atoms with Crippen LogP contribution in [0.5, 0.6) is 0 Å². The summed E-state index contributed by atoms with van der Waals surface area (Å²) in [6, 6.07) is 15.4. The smallest absolute Gasteiger partial charge is 0.0789 e. The Bertz CT molecular complexity index is 581. The van der Waals surface area contributed by atoms with Gasteiger partial charge in [-0.1, -0.05) is 47.5 Å². The van der Waals surface area contributed by atoms with Crippen LogP contribution in [0, 0.1) is 0 Å². The van der Waals surface area contributed by atoms with Gasteiger partial charge in [-0.15, -0.1) is 23.1 Å². The molecule has 2 heteroatoms. The average Bonchev–Trinajstić information content (AvgIpc) is 2.98. The van der Waals surface area contributed by atoms with Gasteiger partial charge in [-0.05, 0) is 37.3 Å². The van der Waals surface area contributed by atoms with Crippen molar-refractivity contribution in [3.63, 3.8) is 0 Å². The first kappa shape index (κ1) is 13.0. The Labute approximate surface area is 123 Å². The summed E-state index contributed by atoms with van der Waals surface area (Å²) in [5.74, 6) is 1.14. The van der Waals surface area contributed by atoms with Crippen molar-refractivity contribution in [1.29, 1.82) is 0 Å². The molecule has 1 aromatic heterocycles. The van der Waals surface area contributed by atoms with E-state index in [2.05, 4.69) is 73.5 Å². The zero-order valence-electron chi connectivity index (χ0n) is 11.3. The van der Waals surface area contributed by atoms with Crippen LogP contribution < -0.4 is 0 Å². The summed E-state index contributed by atoms with van der Waals surface area (Å²) in [5, 5.41) is 2.20. The van der Waals surface area contributed by atoms with E-state index >= 15 is 0 Å². The maximum atomic E-state index is 2.29. The van der Waals surface area contributed by atoms with Gasteiger partial charge in [0, 0.05) is 10.6 Å². The monoisotopic (exact) mass is 286 g/mol. The molecular weight excluding hydrogens is 268 g/mol. The van der Waals surface area contributed by atoms with E-state index in [-0.39, 0.29) is 4.75 Å². The lowest BCUT2D eigenvalue weighted by molar-refractivity contribution is 0.726. The molecule has 2 heterocycles. The maximum absolute atomic E-state index is 2.29. The molecule has 1 aliphatic heterocycles. The highest BCUT2D eigenvalue weighted by molar-refractivity contribution is 8.00. The van der Waals surface area contributed by atoms with Gasteiger partial charge < -0.3 is 0 Å². The molecule has 0 saturated heterocycles. The number of rotatable bonds is 2. The highest BCUT2D eigenvalue weighted by Crippen LogP contribution is 2.52. The van der Waals surface area contributed by atoms with Crippen LogP contribution in [0.25, 0.3) is 0 Å². The molecule has 0 N–H and O–H groups in total. The number of benzene rings is 1. The molecule has 1 unspecified atom stereocenters. The molecule has 0 fully saturated rings. The minimum atomic E-state index is 0.124. The van der Waals surface area contributed by atoms with Crippen molar-refractivity contribution in [1.82, 2.24) is 0 Å². The number of hydrogen-bond acceptors (Lipinski definition) is 2. The Morgan fingerprint density at radius 3 is 2.37 bits per heavy atom. The van der Waals surface area contributed by atoms with Crippen LogP contribution in [0.4, 0.5) is 0 Å². The Morgan fingerprint density at radius 2 is 1.74 bits per heavy atom. The topological polar surface area (TPSA) is 0 Å². The predicted octanol–water partition coefficient (Wildman–Crippen LogP) is 5.47. The van der Waals surface area contributed by atoms with E-state index in [1.807, 2.05) is 11.3 Å². The third-order valence-electron chi connectivity index (χ3n) is 3.94. The SMILES string of the molecule is CC1=C(C)CC(c2ccccc2)(c2cccs2)SC1. The van der Waals surface area contributed by atoms with Crippen LogP contribution in [-0.4, -0.2) is 5.75 Å². The van der Waals surface area contributed by atoms with Crippen molar-refractivity contribution >= 4 is 23.1 Å². The van der Waals surface area contributed by atoms with E-state index < -0.39 is 0 Å². The highest BCUT2D eigenvalue weighted by Gasteiger charge is 2.38.